The second kappa shape index (κ2) is 4.82. The summed E-state index contributed by atoms with van der Waals surface area (Å²) in [5, 5.41) is 2.86. The van der Waals surface area contributed by atoms with Crippen LogP contribution in [0.5, 0.6) is 0 Å². The van der Waals surface area contributed by atoms with Gasteiger partial charge in [-0.05, 0) is 11.6 Å². The molecule has 0 atom stereocenters. The van der Waals surface area contributed by atoms with E-state index in [1.165, 1.54) is 0 Å². The number of anilines is 1. The smallest absolute Gasteiger partial charge is 0.328 e. The average molecular weight is 250 g/mol. The molecule has 2 aromatic heterocycles. The number of H-pyrrole nitrogens is 1. The third-order valence-electron chi connectivity index (χ3n) is 2.40. The van der Waals surface area contributed by atoms with E-state index in [1.54, 1.807) is 25.4 Å². The van der Waals surface area contributed by atoms with Gasteiger partial charge in [-0.2, -0.15) is 4.39 Å². The molecule has 2 N–H and O–H groups in total. The highest BCUT2D eigenvalue weighted by atomic mass is 19.1. The van der Waals surface area contributed by atoms with E-state index in [2.05, 4.69) is 10.3 Å². The summed E-state index contributed by atoms with van der Waals surface area (Å²) in [4.78, 5) is 28.3. The van der Waals surface area contributed by atoms with Crippen LogP contribution < -0.4 is 16.6 Å². The van der Waals surface area contributed by atoms with Gasteiger partial charge in [-0.3, -0.25) is 14.3 Å². The lowest BCUT2D eigenvalue weighted by Crippen LogP contribution is -2.31. The second-order valence-electron chi connectivity index (χ2n) is 3.67. The van der Waals surface area contributed by atoms with Crippen LogP contribution in [0.15, 0.2) is 34.1 Å². The normalized spacial score (nSPS) is 10.3. The molecule has 18 heavy (non-hydrogen) atoms. The lowest BCUT2D eigenvalue weighted by Gasteiger charge is -2.05. The third kappa shape index (κ3) is 2.45. The van der Waals surface area contributed by atoms with Crippen LogP contribution in [0.1, 0.15) is 5.56 Å². The predicted molar refractivity (Wildman–Crippen MR) is 64.2 cm³/mol. The van der Waals surface area contributed by atoms with E-state index in [1.807, 2.05) is 4.98 Å². The highest BCUT2D eigenvalue weighted by Gasteiger charge is 2.04. The second-order valence-corrected chi connectivity index (χ2v) is 3.67. The van der Waals surface area contributed by atoms with Crippen LogP contribution in [-0.4, -0.2) is 21.6 Å². The number of nitrogens with zero attached hydrogens (tertiary/aromatic N) is 2. The first-order valence-corrected chi connectivity index (χ1v) is 5.22. The highest BCUT2D eigenvalue weighted by Crippen LogP contribution is 2.04. The molecule has 2 aromatic rings. The lowest BCUT2D eigenvalue weighted by atomic mass is 10.3. The fourth-order valence-electron chi connectivity index (χ4n) is 1.46. The molecule has 2 rings (SSSR count). The van der Waals surface area contributed by atoms with E-state index in [4.69, 9.17) is 0 Å². The summed E-state index contributed by atoms with van der Waals surface area (Å²) in [5.74, 6) is -0.298. The van der Waals surface area contributed by atoms with Crippen molar-refractivity contribution in [2.24, 2.45) is 0 Å². The Bertz CT molecular complexity index is 660. The van der Waals surface area contributed by atoms with Gasteiger partial charge in [0.1, 0.15) is 5.82 Å². The van der Waals surface area contributed by atoms with E-state index < -0.39 is 17.1 Å². The lowest BCUT2D eigenvalue weighted by molar-refractivity contribution is 0.566. The first kappa shape index (κ1) is 12.0. The summed E-state index contributed by atoms with van der Waals surface area (Å²) in [7, 11) is 1.74. The topological polar surface area (TPSA) is 79.8 Å². The molecule has 7 heteroatoms. The molecule has 2 heterocycles. The number of halogens is 1. The maximum atomic E-state index is 13.1. The first-order valence-electron chi connectivity index (χ1n) is 5.22. The van der Waals surface area contributed by atoms with Crippen LogP contribution in [0, 0.1) is 5.82 Å². The fraction of sp³-hybridized carbons (Fsp3) is 0.182. The van der Waals surface area contributed by atoms with Crippen molar-refractivity contribution in [3.63, 3.8) is 0 Å². The largest absolute Gasteiger partial charge is 0.373 e. The molecule has 0 spiro atoms. The Labute approximate surface area is 101 Å². The molecule has 0 unspecified atom stereocenters. The molecule has 0 saturated heterocycles. The van der Waals surface area contributed by atoms with Gasteiger partial charge >= 0.3 is 5.69 Å². The molecule has 0 fully saturated rings. The van der Waals surface area contributed by atoms with Crippen molar-refractivity contribution in [1.82, 2.24) is 14.5 Å². The molecule has 0 aliphatic heterocycles. The molecule has 0 aliphatic rings. The molecule has 0 saturated carbocycles. The van der Waals surface area contributed by atoms with E-state index in [-0.39, 0.29) is 6.54 Å². The van der Waals surface area contributed by atoms with Gasteiger partial charge < -0.3 is 5.32 Å². The quantitative estimate of drug-likeness (QED) is 0.813. The van der Waals surface area contributed by atoms with Gasteiger partial charge in [0, 0.05) is 13.2 Å². The number of pyridine rings is 1. The predicted octanol–water partition coefficient (Wildman–Crippen LogP) is 0.161. The van der Waals surface area contributed by atoms with E-state index in [9.17, 15) is 14.0 Å². The standard InChI is InChI=1S/C11H11FN4O2/c1-13-9-3-2-7(4-14-9)5-16-6-8(12)10(17)15-11(16)18/h2-4,6H,5H2,1H3,(H,13,14)(H,15,17,18). The minimum absolute atomic E-state index is 0.142. The van der Waals surface area contributed by atoms with Gasteiger partial charge in [-0.25, -0.2) is 9.78 Å². The monoisotopic (exact) mass is 250 g/mol. The van der Waals surface area contributed by atoms with Crippen molar-refractivity contribution in [3.05, 3.63) is 56.7 Å². The van der Waals surface area contributed by atoms with Gasteiger partial charge in [-0.1, -0.05) is 6.07 Å². The number of nitrogens with one attached hydrogen (secondary N) is 2. The Morgan fingerprint density at radius 2 is 2.22 bits per heavy atom. The van der Waals surface area contributed by atoms with Gasteiger partial charge in [-0.15, -0.1) is 0 Å². The molecule has 0 aliphatic carbocycles. The fourth-order valence-corrected chi connectivity index (χ4v) is 1.46. The van der Waals surface area contributed by atoms with Crippen LogP contribution in [0.4, 0.5) is 10.2 Å². The van der Waals surface area contributed by atoms with Crippen molar-refractivity contribution >= 4 is 5.82 Å². The molecule has 94 valence electrons. The highest BCUT2D eigenvalue weighted by molar-refractivity contribution is 5.34. The van der Waals surface area contributed by atoms with Crippen molar-refractivity contribution < 1.29 is 4.39 Å². The molecule has 0 aromatic carbocycles. The summed E-state index contributed by atoms with van der Waals surface area (Å²) in [6, 6.07) is 3.50. The first-order chi connectivity index (χ1) is 8.60. The zero-order valence-corrected chi connectivity index (χ0v) is 9.61. The molecular formula is C11H11FN4O2. The van der Waals surface area contributed by atoms with Crippen LogP contribution in [0.25, 0.3) is 0 Å². The Morgan fingerprint density at radius 1 is 1.44 bits per heavy atom. The maximum Gasteiger partial charge on any atom is 0.328 e. The van der Waals surface area contributed by atoms with E-state index in [0.717, 1.165) is 16.3 Å². The van der Waals surface area contributed by atoms with Crippen LogP contribution in [-0.2, 0) is 6.54 Å². The van der Waals surface area contributed by atoms with Gasteiger partial charge in [0.05, 0.1) is 12.7 Å². The molecule has 6 nitrogen and oxygen atoms in total. The van der Waals surface area contributed by atoms with Gasteiger partial charge in [0.25, 0.3) is 5.56 Å². The summed E-state index contributed by atoms with van der Waals surface area (Å²) in [6.45, 7) is 0.142. The zero-order chi connectivity index (χ0) is 13.1. The minimum atomic E-state index is -1.01. The molecular weight excluding hydrogens is 239 g/mol. The minimum Gasteiger partial charge on any atom is -0.373 e. The number of aromatic nitrogens is 3. The van der Waals surface area contributed by atoms with Crippen molar-refractivity contribution in [1.29, 1.82) is 0 Å². The van der Waals surface area contributed by atoms with Gasteiger partial charge in [0.15, 0.2) is 0 Å². The molecule has 0 amide bonds. The zero-order valence-electron chi connectivity index (χ0n) is 9.61. The molecule has 0 radical (unpaired) electrons. The van der Waals surface area contributed by atoms with Crippen molar-refractivity contribution in [2.75, 3.05) is 12.4 Å². The summed E-state index contributed by atoms with van der Waals surface area (Å²) >= 11 is 0. The molecule has 0 bridgehead atoms. The van der Waals surface area contributed by atoms with Crippen molar-refractivity contribution in [2.45, 2.75) is 6.54 Å². The number of hydrogen-bond acceptors (Lipinski definition) is 4. The summed E-state index contributed by atoms with van der Waals surface area (Å²) in [6.07, 6.45) is 2.45. The SMILES string of the molecule is CNc1ccc(Cn2cc(F)c(=O)[nH]c2=O)cn1. The third-order valence-corrected chi connectivity index (χ3v) is 2.40. The van der Waals surface area contributed by atoms with Crippen LogP contribution in [0.3, 0.4) is 0 Å². The number of rotatable bonds is 3. The van der Waals surface area contributed by atoms with Crippen molar-refractivity contribution in [3.8, 4) is 0 Å². The number of aromatic amines is 1. The Hall–Kier alpha value is -2.44. The Balaban J connectivity index is 2.31. The maximum absolute atomic E-state index is 13.1. The Kier molecular flexibility index (Phi) is 3.22. The summed E-state index contributed by atoms with van der Waals surface area (Å²) < 4.78 is 14.1. The average Bonchev–Trinajstić information content (AvgIpc) is 2.37. The van der Waals surface area contributed by atoms with Gasteiger partial charge in [0.2, 0.25) is 5.82 Å². The Morgan fingerprint density at radius 3 is 2.83 bits per heavy atom. The van der Waals surface area contributed by atoms with Crippen LogP contribution in [0.2, 0.25) is 0 Å². The van der Waals surface area contributed by atoms with E-state index in [0.29, 0.717) is 5.82 Å². The summed E-state index contributed by atoms with van der Waals surface area (Å²) in [5.41, 5.74) is -0.943. The number of hydrogen-bond donors (Lipinski definition) is 2. The van der Waals surface area contributed by atoms with E-state index >= 15 is 0 Å². The van der Waals surface area contributed by atoms with Crippen LogP contribution >= 0.6 is 0 Å².